The number of nitrogen functional groups attached to an aromatic ring is 3. The average Bonchev–Trinajstić information content (AvgIpc) is 4.28. The molecule has 0 radical (unpaired) electrons. The minimum absolute atomic E-state index is 0.238. The summed E-state index contributed by atoms with van der Waals surface area (Å²) in [5.74, 6) is -0.302. The van der Waals surface area contributed by atoms with Crippen LogP contribution in [0.15, 0.2) is 98.6 Å². The Morgan fingerprint density at radius 2 is 0.849 bits per heavy atom. The molecule has 26 nitrogen and oxygen atoms in total. The van der Waals surface area contributed by atoms with Crippen molar-refractivity contribution >= 4 is 62.9 Å². The number of nitrogens with two attached hydrogens (primary N) is 3. The van der Waals surface area contributed by atoms with E-state index >= 15 is 0 Å². The molecule has 8 aromatic rings. The monoisotopic (exact) mass is 1000 g/mol. The average molecular weight is 1000 g/mol. The molecule has 0 spiro atoms. The van der Waals surface area contributed by atoms with Gasteiger partial charge in [0.05, 0.1) is 48.4 Å². The molecule has 2 aromatic carbocycles. The van der Waals surface area contributed by atoms with Crippen molar-refractivity contribution in [2.45, 2.75) is 114 Å². The molecule has 9 heterocycles. The molecule has 3 aliphatic heterocycles. The lowest BCUT2D eigenvalue weighted by molar-refractivity contribution is -0.0478. The number of benzene rings is 2. The maximum absolute atomic E-state index is 12.5. The fourth-order valence-electron chi connectivity index (χ4n) is 8.83. The zero-order valence-corrected chi connectivity index (χ0v) is 39.5. The van der Waals surface area contributed by atoms with Crippen molar-refractivity contribution in [2.75, 3.05) is 17.2 Å². The first kappa shape index (κ1) is 50.1. The van der Waals surface area contributed by atoms with Gasteiger partial charge in [0, 0.05) is 0 Å². The molecule has 6 aromatic heterocycles. The van der Waals surface area contributed by atoms with Crippen molar-refractivity contribution in [1.82, 2.24) is 58.6 Å². The summed E-state index contributed by atoms with van der Waals surface area (Å²) in [5.41, 5.74) is 20.8. The number of imidazole rings is 3. The Balaban J connectivity index is 0.000000137. The van der Waals surface area contributed by atoms with Gasteiger partial charge in [0.1, 0.15) is 59.9 Å². The molecule has 3 saturated heterocycles. The third-order valence-electron chi connectivity index (χ3n) is 12.7. The van der Waals surface area contributed by atoms with Crippen LogP contribution >= 0.6 is 0 Å². The van der Waals surface area contributed by atoms with E-state index in [9.17, 15) is 30.0 Å². The van der Waals surface area contributed by atoms with Gasteiger partial charge in [-0.15, -0.1) is 0 Å². The number of aliphatic hydroxyl groups is 4. The lowest BCUT2D eigenvalue weighted by Crippen LogP contribution is -2.36. The molecule has 0 aliphatic carbocycles. The number of carbonyl (C=O) groups is 2. The van der Waals surface area contributed by atoms with Crippen molar-refractivity contribution in [3.05, 3.63) is 110 Å². The Hall–Kier alpha value is -7.85. The lowest BCUT2D eigenvalue weighted by Gasteiger charge is -2.22. The number of esters is 2. The number of ether oxygens (including phenoxy) is 5. The highest BCUT2D eigenvalue weighted by Crippen LogP contribution is 2.38. The third kappa shape index (κ3) is 9.78. The van der Waals surface area contributed by atoms with E-state index in [0.717, 1.165) is 0 Å². The Labute approximate surface area is 414 Å². The maximum Gasteiger partial charge on any atom is 0.338 e. The number of aromatic nitrogens is 12. The van der Waals surface area contributed by atoms with Crippen molar-refractivity contribution < 1.29 is 53.7 Å². The summed E-state index contributed by atoms with van der Waals surface area (Å²) >= 11 is 0. The molecule has 3 fully saturated rings. The summed E-state index contributed by atoms with van der Waals surface area (Å²) in [7, 11) is 0. The number of fused-ring (bicyclic) bond motifs is 3. The molecule has 26 heteroatoms. The van der Waals surface area contributed by atoms with Crippen LogP contribution in [0.4, 0.5) is 17.5 Å². The molecule has 73 heavy (non-hydrogen) atoms. The molecule has 3 unspecified atom stereocenters. The van der Waals surface area contributed by atoms with Gasteiger partial charge in [-0.05, 0) is 43.5 Å². The Bertz CT molecular complexity index is 3180. The summed E-state index contributed by atoms with van der Waals surface area (Å²) in [6.07, 6.45) is 0.732. The molecule has 10 N–H and O–H groups in total. The minimum Gasteiger partial charge on any atom is -0.453 e. The molecule has 3 aliphatic rings. The van der Waals surface area contributed by atoms with Gasteiger partial charge < -0.3 is 61.3 Å². The summed E-state index contributed by atoms with van der Waals surface area (Å²) in [4.78, 5) is 61.6. The highest BCUT2D eigenvalue weighted by molar-refractivity contribution is 5.90. The molecule has 12 atom stereocenters. The number of carbonyl (C=O) groups excluding carboxylic acids is 2. The quantitative estimate of drug-likeness (QED) is 0.0964. The zero-order valence-electron chi connectivity index (χ0n) is 39.5. The number of hydrogen-bond donors (Lipinski definition) is 7. The van der Waals surface area contributed by atoms with E-state index in [4.69, 9.17) is 40.9 Å². The van der Waals surface area contributed by atoms with Crippen LogP contribution in [-0.2, 0) is 23.7 Å². The van der Waals surface area contributed by atoms with E-state index in [0.29, 0.717) is 63.9 Å². The van der Waals surface area contributed by atoms with Crippen molar-refractivity contribution in [1.29, 1.82) is 0 Å². The number of rotatable bonds is 10. The van der Waals surface area contributed by atoms with E-state index in [-0.39, 0.29) is 17.5 Å². The minimum atomic E-state index is -1.09. The van der Waals surface area contributed by atoms with Gasteiger partial charge in [0.25, 0.3) is 0 Å². The molecule has 11 rings (SSSR count). The van der Waals surface area contributed by atoms with Gasteiger partial charge in [-0.1, -0.05) is 57.2 Å². The lowest BCUT2D eigenvalue weighted by atomic mass is 10.1. The fraction of sp³-hybridized carbons (Fsp3) is 0.383. The van der Waals surface area contributed by atoms with Crippen LogP contribution in [0.3, 0.4) is 0 Å². The molecule has 0 amide bonds. The van der Waals surface area contributed by atoms with Crippen LogP contribution in [0.5, 0.6) is 0 Å². The van der Waals surface area contributed by atoms with Gasteiger partial charge in [-0.2, -0.15) is 0 Å². The van der Waals surface area contributed by atoms with Gasteiger partial charge in [0.15, 0.2) is 65.3 Å². The highest BCUT2D eigenvalue weighted by Gasteiger charge is 2.49. The van der Waals surface area contributed by atoms with Crippen molar-refractivity contribution in [3.63, 3.8) is 0 Å². The molecule has 382 valence electrons. The second-order valence-electron chi connectivity index (χ2n) is 17.1. The van der Waals surface area contributed by atoms with Gasteiger partial charge >= 0.3 is 11.9 Å². The highest BCUT2D eigenvalue weighted by atomic mass is 16.6. The summed E-state index contributed by atoms with van der Waals surface area (Å²) in [6, 6.07) is 17.2. The predicted molar refractivity (Wildman–Crippen MR) is 257 cm³/mol. The Morgan fingerprint density at radius 1 is 0.479 bits per heavy atom. The van der Waals surface area contributed by atoms with E-state index in [1.54, 1.807) is 62.2 Å². The smallest absolute Gasteiger partial charge is 0.338 e. The van der Waals surface area contributed by atoms with Crippen molar-refractivity contribution in [2.24, 2.45) is 0 Å². The topological polar surface area (TPSA) is 370 Å². The van der Waals surface area contributed by atoms with Gasteiger partial charge in [0.2, 0.25) is 0 Å². The van der Waals surface area contributed by atoms with Gasteiger partial charge in [-0.25, -0.2) is 54.4 Å². The fourth-order valence-corrected chi connectivity index (χ4v) is 8.83. The Morgan fingerprint density at radius 3 is 1.27 bits per heavy atom. The zero-order chi connectivity index (χ0) is 51.5. The molecule has 0 saturated carbocycles. The Kier molecular flexibility index (Phi) is 14.7. The standard InChI is InChI=1S/2C18H19N5O4.C11H15N5O3/c1-2-11-14(27-18(25)10-6-4-3-5-7-10)13(24)17(26-11)23-9-22-12-15(19)20-8-21-16(12)23;1-2-11-13(24)14(27-18(25)10-6-4-3-5-7-10)17(26-11)23-9-22-12-15(19)20-8-21-16(12)23;1-2-5-7(17)8(18)11(19-5)16-4-15-6-9(12)13-3-14-10(6)16/h2*3-9,11,13-14,17,24H,2H2,1H3,(H2,19,20,21);3-5,7-8,11,17-18H,2H2,1H3,(H2,12,13,14)/t11-,13+,14?,17-;11-,13?,14+,17-;5-,7?,8+,11-/m111/s1. The summed E-state index contributed by atoms with van der Waals surface area (Å²) in [6.45, 7) is 5.67. The first-order valence-corrected chi connectivity index (χ1v) is 23.3. The van der Waals surface area contributed by atoms with E-state index < -0.39 is 85.6 Å². The van der Waals surface area contributed by atoms with E-state index in [1.165, 1.54) is 38.0 Å². The van der Waals surface area contributed by atoms with Crippen LogP contribution in [0.25, 0.3) is 33.5 Å². The predicted octanol–water partition coefficient (Wildman–Crippen LogP) is 2.04. The first-order chi connectivity index (χ1) is 35.3. The normalized spacial score (nSPS) is 26.6. The van der Waals surface area contributed by atoms with E-state index in [2.05, 4.69) is 44.9 Å². The maximum atomic E-state index is 12.5. The van der Waals surface area contributed by atoms with Crippen LogP contribution in [-0.4, -0.2) is 146 Å². The number of anilines is 3. The molecular formula is C47H53N15O11. The van der Waals surface area contributed by atoms with Gasteiger partial charge in [-0.3, -0.25) is 13.7 Å². The summed E-state index contributed by atoms with van der Waals surface area (Å²) in [5, 5.41) is 41.4. The second-order valence-corrected chi connectivity index (χ2v) is 17.1. The second kappa shape index (κ2) is 21.5. The van der Waals surface area contributed by atoms with Crippen LogP contribution < -0.4 is 17.2 Å². The van der Waals surface area contributed by atoms with E-state index in [1.807, 2.05) is 32.9 Å². The molecular weight excluding hydrogens is 951 g/mol. The third-order valence-corrected chi connectivity index (χ3v) is 12.7. The number of hydrogen-bond acceptors (Lipinski definition) is 23. The number of nitrogens with zero attached hydrogens (tertiary/aromatic N) is 12. The largest absolute Gasteiger partial charge is 0.453 e. The van der Waals surface area contributed by atoms with Crippen LogP contribution in [0.1, 0.15) is 79.4 Å². The summed E-state index contributed by atoms with van der Waals surface area (Å²) < 4.78 is 33.5. The van der Waals surface area contributed by atoms with Crippen molar-refractivity contribution in [3.8, 4) is 0 Å². The number of aliphatic hydroxyl groups excluding tert-OH is 4. The SMILES string of the molecule is CC[C@H]1O[C@@H](n2cnc3c(N)ncnc32)[C@@H](O)C1O.CC[C@H]1O[C@@H](n2cnc3c(N)ncnc32)[C@@H](O)C1OC(=O)c1ccccc1.CC[C@H]1O[C@@H](n2cnc3c(N)ncnc32)[C@@H](OC(=O)c2ccccc2)C1O. The van der Waals surface area contributed by atoms with Crippen LogP contribution in [0, 0.1) is 0 Å². The first-order valence-electron chi connectivity index (χ1n) is 23.3. The van der Waals surface area contributed by atoms with Crippen LogP contribution in [0.2, 0.25) is 0 Å². The molecule has 0 bridgehead atoms.